The van der Waals surface area contributed by atoms with Crippen LogP contribution in [0.5, 0.6) is 5.75 Å². The largest absolute Gasteiger partial charge is 0.485 e. The third kappa shape index (κ3) is 2.60. The average Bonchev–Trinajstić information content (AvgIpc) is 2.89. The summed E-state index contributed by atoms with van der Waals surface area (Å²) in [5.74, 6) is 1.62. The number of hydrogen-bond donors (Lipinski definition) is 1. The third-order valence-electron chi connectivity index (χ3n) is 3.97. The number of nitrogens with zero attached hydrogens (tertiary/aromatic N) is 3. The summed E-state index contributed by atoms with van der Waals surface area (Å²) in [5, 5.41) is 20.4. The molecule has 5 nitrogen and oxygen atoms in total. The van der Waals surface area contributed by atoms with E-state index in [0.29, 0.717) is 5.17 Å². The zero-order valence-corrected chi connectivity index (χ0v) is 14.7. The number of fused-ring (bicyclic) bond motifs is 1. The minimum atomic E-state index is -0.725. The van der Waals surface area contributed by atoms with E-state index in [-0.39, 0.29) is 6.04 Å². The molecule has 116 valence electrons. The van der Waals surface area contributed by atoms with Crippen LogP contribution in [0, 0.1) is 11.5 Å². The van der Waals surface area contributed by atoms with Crippen molar-refractivity contribution in [3.05, 3.63) is 28.2 Å². The Balaban J connectivity index is 2.11. The number of hydrogen-bond acceptors (Lipinski definition) is 5. The van der Waals surface area contributed by atoms with E-state index in [9.17, 15) is 5.11 Å². The van der Waals surface area contributed by atoms with Crippen molar-refractivity contribution in [1.82, 2.24) is 4.90 Å². The molecule has 0 radical (unpaired) electrons. The van der Waals surface area contributed by atoms with Crippen molar-refractivity contribution >= 4 is 32.9 Å². The van der Waals surface area contributed by atoms with E-state index in [1.807, 2.05) is 43.1 Å². The highest BCUT2D eigenvalue weighted by atomic mass is 79.9. The van der Waals surface area contributed by atoms with Gasteiger partial charge in [0.2, 0.25) is 6.19 Å². The van der Waals surface area contributed by atoms with E-state index in [2.05, 4.69) is 20.9 Å². The number of halogens is 1. The molecule has 22 heavy (non-hydrogen) atoms. The molecule has 7 heteroatoms. The first-order valence-electron chi connectivity index (χ1n) is 6.97. The smallest absolute Gasteiger partial charge is 0.208 e. The fraction of sp³-hybridized carbons (Fsp3) is 0.467. The number of rotatable bonds is 1. The quantitative estimate of drug-likeness (QED) is 0.757. The number of benzene rings is 1. The molecule has 1 fully saturated rings. The zero-order chi connectivity index (χ0) is 15.9. The first-order valence-corrected chi connectivity index (χ1v) is 8.74. The van der Waals surface area contributed by atoms with Gasteiger partial charge in [-0.15, -0.1) is 4.99 Å². The molecule has 0 unspecified atom stereocenters. The fourth-order valence-electron chi connectivity index (χ4n) is 2.89. The minimum absolute atomic E-state index is 0.279. The summed E-state index contributed by atoms with van der Waals surface area (Å²) in [5.41, 5.74) is 0.200. The maximum atomic E-state index is 10.9. The van der Waals surface area contributed by atoms with Crippen LogP contribution in [0.1, 0.15) is 25.5 Å². The van der Waals surface area contributed by atoms with Gasteiger partial charge in [0.15, 0.2) is 5.17 Å². The molecule has 2 atom stereocenters. The van der Waals surface area contributed by atoms with Crippen molar-refractivity contribution in [3.63, 3.8) is 0 Å². The van der Waals surface area contributed by atoms with Crippen LogP contribution in [0.25, 0.3) is 0 Å². The molecule has 2 aliphatic heterocycles. The zero-order valence-electron chi connectivity index (χ0n) is 12.3. The Morgan fingerprint density at radius 1 is 1.55 bits per heavy atom. The first kappa shape index (κ1) is 15.7. The number of aliphatic imine (C=N–C) groups is 1. The van der Waals surface area contributed by atoms with Gasteiger partial charge in [0, 0.05) is 22.3 Å². The van der Waals surface area contributed by atoms with E-state index in [1.165, 1.54) is 11.8 Å². The van der Waals surface area contributed by atoms with Crippen LogP contribution in [-0.4, -0.2) is 39.2 Å². The van der Waals surface area contributed by atoms with Crippen molar-refractivity contribution in [2.24, 2.45) is 4.99 Å². The van der Waals surface area contributed by atoms with E-state index < -0.39 is 11.7 Å². The topological polar surface area (TPSA) is 68.8 Å². The van der Waals surface area contributed by atoms with Crippen LogP contribution in [-0.2, 0) is 0 Å². The fourth-order valence-corrected chi connectivity index (χ4v) is 4.21. The Bertz CT molecular complexity index is 671. The lowest BCUT2D eigenvalue weighted by molar-refractivity contribution is -0.0800. The first-order chi connectivity index (χ1) is 10.4. The number of aliphatic hydroxyl groups excluding tert-OH is 1. The summed E-state index contributed by atoms with van der Waals surface area (Å²) < 4.78 is 6.89. The predicted octanol–water partition coefficient (Wildman–Crippen LogP) is 2.91. The Kier molecular flexibility index (Phi) is 4.10. The van der Waals surface area contributed by atoms with Gasteiger partial charge in [0.1, 0.15) is 17.5 Å². The van der Waals surface area contributed by atoms with Crippen LogP contribution >= 0.6 is 27.7 Å². The Morgan fingerprint density at radius 3 is 3.05 bits per heavy atom. The molecule has 2 heterocycles. The lowest BCUT2D eigenvalue weighted by atomic mass is 9.86. The summed E-state index contributed by atoms with van der Waals surface area (Å²) in [7, 11) is 0. The number of aliphatic hydroxyl groups is 1. The van der Waals surface area contributed by atoms with Crippen molar-refractivity contribution in [2.75, 3.05) is 12.3 Å². The standard InChI is InChI=1S/C15H16BrN3O2S/c1-15(2)13(20)12(19-5-6-22-14(19)18-8-17)10-7-9(16)3-4-11(10)21-15/h3-4,7,12-13,20H,5-6H2,1-2H3/t12-,13+/m1/s1. The molecule has 0 aromatic heterocycles. The maximum Gasteiger partial charge on any atom is 0.208 e. The van der Waals surface area contributed by atoms with E-state index in [0.717, 1.165) is 28.1 Å². The van der Waals surface area contributed by atoms with Gasteiger partial charge in [0.05, 0.1) is 6.04 Å². The normalized spacial score (nSPS) is 28.1. The number of ether oxygens (including phenoxy) is 1. The lowest BCUT2D eigenvalue weighted by Crippen LogP contribution is -2.53. The molecular weight excluding hydrogens is 366 g/mol. The van der Waals surface area contributed by atoms with Crippen LogP contribution in [0.15, 0.2) is 27.7 Å². The van der Waals surface area contributed by atoms with Gasteiger partial charge < -0.3 is 14.7 Å². The van der Waals surface area contributed by atoms with Gasteiger partial charge >= 0.3 is 0 Å². The van der Waals surface area contributed by atoms with Gasteiger partial charge in [-0.25, -0.2) is 0 Å². The molecule has 0 aliphatic carbocycles. The van der Waals surface area contributed by atoms with Gasteiger partial charge in [-0.05, 0) is 32.0 Å². The molecule has 1 aromatic rings. The van der Waals surface area contributed by atoms with E-state index in [1.54, 1.807) is 0 Å². The van der Waals surface area contributed by atoms with E-state index >= 15 is 0 Å². The number of thioether (sulfide) groups is 1. The van der Waals surface area contributed by atoms with Crippen molar-refractivity contribution < 1.29 is 9.84 Å². The van der Waals surface area contributed by atoms with Gasteiger partial charge in [0.25, 0.3) is 0 Å². The molecule has 1 aromatic carbocycles. The molecule has 0 bridgehead atoms. The van der Waals surface area contributed by atoms with E-state index in [4.69, 9.17) is 10.00 Å². The molecule has 2 aliphatic rings. The van der Waals surface area contributed by atoms with Crippen molar-refractivity contribution in [1.29, 1.82) is 5.26 Å². The Labute approximate surface area is 142 Å². The summed E-state index contributed by atoms with van der Waals surface area (Å²) in [6, 6.07) is 5.51. The number of nitriles is 1. The van der Waals surface area contributed by atoms with Crippen LogP contribution in [0.2, 0.25) is 0 Å². The summed E-state index contributed by atoms with van der Waals surface area (Å²) in [6.45, 7) is 4.49. The summed E-state index contributed by atoms with van der Waals surface area (Å²) >= 11 is 5.02. The molecule has 1 N–H and O–H groups in total. The van der Waals surface area contributed by atoms with Crippen LogP contribution in [0.3, 0.4) is 0 Å². The molecule has 0 amide bonds. The predicted molar refractivity (Wildman–Crippen MR) is 89.8 cm³/mol. The highest BCUT2D eigenvalue weighted by Gasteiger charge is 2.47. The Morgan fingerprint density at radius 2 is 2.32 bits per heavy atom. The number of amidine groups is 1. The van der Waals surface area contributed by atoms with Gasteiger partial charge in [-0.3, -0.25) is 0 Å². The van der Waals surface area contributed by atoms with Crippen LogP contribution < -0.4 is 4.74 Å². The highest BCUT2D eigenvalue weighted by Crippen LogP contribution is 2.45. The average molecular weight is 382 g/mol. The third-order valence-corrected chi connectivity index (χ3v) is 5.43. The second-order valence-corrected chi connectivity index (χ2v) is 7.79. The molecule has 3 rings (SSSR count). The second kappa shape index (κ2) is 5.76. The summed E-state index contributed by atoms with van der Waals surface area (Å²) in [6.07, 6.45) is 1.13. The Hall–Kier alpha value is -1.23. The highest BCUT2D eigenvalue weighted by molar-refractivity contribution is 9.10. The molecular formula is C15H16BrN3O2S. The lowest BCUT2D eigenvalue weighted by Gasteiger charge is -2.45. The monoisotopic (exact) mass is 381 g/mol. The maximum absolute atomic E-state index is 10.9. The van der Waals surface area contributed by atoms with Crippen molar-refractivity contribution in [3.8, 4) is 11.9 Å². The van der Waals surface area contributed by atoms with Gasteiger partial charge in [-0.2, -0.15) is 5.26 Å². The second-order valence-electron chi connectivity index (χ2n) is 5.81. The minimum Gasteiger partial charge on any atom is -0.485 e. The SMILES string of the molecule is CC1(C)Oc2ccc(Br)cc2[C@@H](N2CCSC2=NC#N)[C@@H]1O. The van der Waals surface area contributed by atoms with Gasteiger partial charge in [-0.1, -0.05) is 27.7 Å². The molecule has 0 spiro atoms. The molecule has 1 saturated heterocycles. The molecule has 0 saturated carbocycles. The summed E-state index contributed by atoms with van der Waals surface area (Å²) in [4.78, 5) is 5.91. The van der Waals surface area contributed by atoms with Crippen LogP contribution in [0.4, 0.5) is 0 Å². The van der Waals surface area contributed by atoms with Crippen molar-refractivity contribution in [2.45, 2.75) is 31.6 Å².